The highest BCUT2D eigenvalue weighted by atomic mass is 32.1. The van der Waals surface area contributed by atoms with E-state index in [0.29, 0.717) is 5.75 Å². The van der Waals surface area contributed by atoms with Gasteiger partial charge in [0, 0.05) is 5.69 Å². The molecule has 0 heterocycles. The lowest BCUT2D eigenvalue weighted by atomic mass is 10.2. The van der Waals surface area contributed by atoms with Crippen LogP contribution in [0.5, 0.6) is 5.75 Å². The summed E-state index contributed by atoms with van der Waals surface area (Å²) in [5, 5.41) is 2.93. The first kappa shape index (κ1) is 12.6. The summed E-state index contributed by atoms with van der Waals surface area (Å²) in [6.45, 7) is 1.19. The van der Waals surface area contributed by atoms with Crippen molar-refractivity contribution in [2.75, 3.05) is 11.9 Å². The van der Waals surface area contributed by atoms with Crippen LogP contribution in [0.2, 0.25) is 0 Å². The minimum Gasteiger partial charge on any atom is -0.488 e. The molecule has 0 aliphatic carbocycles. The average Bonchev–Trinajstić information content (AvgIpc) is 2.18. The second kappa shape index (κ2) is 5.60. The van der Waals surface area contributed by atoms with Gasteiger partial charge in [-0.15, -0.1) is 0 Å². The predicted octanol–water partition coefficient (Wildman–Crippen LogP) is 2.29. The average molecular weight is 246 g/mol. The maximum Gasteiger partial charge on any atom is 0.272 e. The van der Waals surface area contributed by atoms with Crippen LogP contribution in [0.3, 0.4) is 0 Å². The van der Waals surface area contributed by atoms with E-state index in [1.807, 2.05) is 0 Å². The van der Waals surface area contributed by atoms with Gasteiger partial charge in [-0.1, -0.05) is 0 Å². The number of rotatable bonds is 4. The molecule has 0 saturated heterocycles. The molecule has 3 N–H and O–H groups in total. The van der Waals surface area contributed by atoms with Crippen LogP contribution in [0.1, 0.15) is 5.56 Å². The molecule has 88 valence electrons. The molecule has 1 rings (SSSR count). The normalized spacial score (nSPS) is 10.2. The third kappa shape index (κ3) is 3.98. The number of alkyl halides is 2. The van der Waals surface area contributed by atoms with E-state index in [9.17, 15) is 8.78 Å². The van der Waals surface area contributed by atoms with Crippen molar-refractivity contribution >= 4 is 23.0 Å². The van der Waals surface area contributed by atoms with Crippen molar-refractivity contribution in [1.82, 2.24) is 0 Å². The summed E-state index contributed by atoms with van der Waals surface area (Å²) in [6, 6.07) is 4.90. The molecule has 0 radical (unpaired) electrons. The van der Waals surface area contributed by atoms with E-state index < -0.39 is 13.0 Å². The molecule has 16 heavy (non-hydrogen) atoms. The highest BCUT2D eigenvalue weighted by molar-refractivity contribution is 7.80. The topological polar surface area (TPSA) is 47.3 Å². The summed E-state index contributed by atoms with van der Waals surface area (Å²) in [4.78, 5) is 0. The number of nitrogens with two attached hydrogens (primary N) is 1. The molecule has 0 amide bonds. The number of halogens is 2. The van der Waals surface area contributed by atoms with Crippen LogP contribution in [0.4, 0.5) is 14.5 Å². The first-order chi connectivity index (χ1) is 7.49. The number of nitrogens with one attached hydrogen (secondary N) is 1. The van der Waals surface area contributed by atoms with Crippen LogP contribution < -0.4 is 15.8 Å². The zero-order valence-electron chi connectivity index (χ0n) is 8.67. The lowest BCUT2D eigenvalue weighted by molar-refractivity contribution is 0.0819. The van der Waals surface area contributed by atoms with Crippen LogP contribution in [0.15, 0.2) is 18.2 Å². The summed E-state index contributed by atoms with van der Waals surface area (Å²) >= 11 is 4.69. The van der Waals surface area contributed by atoms with Crippen LogP contribution in [0.25, 0.3) is 0 Å². The molecule has 0 unspecified atom stereocenters. The van der Waals surface area contributed by atoms with Gasteiger partial charge in [0.1, 0.15) is 12.4 Å². The fourth-order valence-electron chi connectivity index (χ4n) is 1.16. The number of aryl methyl sites for hydroxylation is 1. The highest BCUT2D eigenvalue weighted by Crippen LogP contribution is 2.21. The Morgan fingerprint density at radius 2 is 2.25 bits per heavy atom. The summed E-state index contributed by atoms with van der Waals surface area (Å²) in [5.41, 5.74) is 6.87. The van der Waals surface area contributed by atoms with Gasteiger partial charge in [-0.05, 0) is 42.9 Å². The van der Waals surface area contributed by atoms with Crippen LogP contribution in [0, 0.1) is 6.92 Å². The fourth-order valence-corrected chi connectivity index (χ4v) is 1.27. The van der Waals surface area contributed by atoms with E-state index in [2.05, 4.69) is 5.32 Å². The Balaban J connectivity index is 2.70. The first-order valence-electron chi connectivity index (χ1n) is 4.57. The van der Waals surface area contributed by atoms with Gasteiger partial charge >= 0.3 is 0 Å². The minimum absolute atomic E-state index is 0.157. The summed E-state index contributed by atoms with van der Waals surface area (Å²) in [7, 11) is 0. The number of ether oxygens (including phenoxy) is 1. The standard InChI is InChI=1S/C10H12F2N2OS/c1-6-4-7(15-5-9(11)12)2-3-8(6)14-10(13)16/h2-4,9H,5H2,1H3,(H3,13,14,16). The lowest BCUT2D eigenvalue weighted by Crippen LogP contribution is -2.19. The molecule has 0 spiro atoms. The zero-order chi connectivity index (χ0) is 12.1. The van der Waals surface area contributed by atoms with E-state index in [-0.39, 0.29) is 5.11 Å². The molecule has 1 aromatic rings. The second-order valence-corrected chi connectivity index (χ2v) is 3.61. The smallest absolute Gasteiger partial charge is 0.272 e. The highest BCUT2D eigenvalue weighted by Gasteiger charge is 2.05. The largest absolute Gasteiger partial charge is 0.488 e. The molecule has 6 heteroatoms. The maximum absolute atomic E-state index is 11.9. The van der Waals surface area contributed by atoms with Crippen molar-refractivity contribution in [2.45, 2.75) is 13.3 Å². The summed E-state index contributed by atoms with van der Waals surface area (Å²) < 4.78 is 28.7. The molecule has 0 saturated carbocycles. The van der Waals surface area contributed by atoms with Gasteiger partial charge in [-0.3, -0.25) is 0 Å². The number of benzene rings is 1. The van der Waals surface area contributed by atoms with Gasteiger partial charge in [-0.2, -0.15) is 0 Å². The number of thiocarbonyl (C=S) groups is 1. The molecular formula is C10H12F2N2OS. The molecule has 0 atom stereocenters. The summed E-state index contributed by atoms with van der Waals surface area (Å²) in [5.74, 6) is 0.395. The SMILES string of the molecule is Cc1cc(OCC(F)F)ccc1NC(N)=S. The third-order valence-corrected chi connectivity index (χ3v) is 1.93. The minimum atomic E-state index is -2.48. The van der Waals surface area contributed by atoms with Gasteiger partial charge in [0.2, 0.25) is 0 Å². The predicted molar refractivity (Wildman–Crippen MR) is 63.1 cm³/mol. The van der Waals surface area contributed by atoms with Gasteiger partial charge < -0.3 is 15.8 Å². The van der Waals surface area contributed by atoms with Crippen molar-refractivity contribution in [3.8, 4) is 5.75 Å². The number of hydrogen-bond acceptors (Lipinski definition) is 2. The Hall–Kier alpha value is -1.43. The monoisotopic (exact) mass is 246 g/mol. The van der Waals surface area contributed by atoms with Crippen molar-refractivity contribution in [3.63, 3.8) is 0 Å². The Morgan fingerprint density at radius 1 is 1.56 bits per heavy atom. The molecule has 1 aromatic carbocycles. The van der Waals surface area contributed by atoms with E-state index in [1.165, 1.54) is 0 Å². The Kier molecular flexibility index (Phi) is 4.42. The number of hydrogen-bond donors (Lipinski definition) is 2. The third-order valence-electron chi connectivity index (χ3n) is 1.83. The van der Waals surface area contributed by atoms with Gasteiger partial charge in [0.15, 0.2) is 5.11 Å². The Bertz CT molecular complexity index is 385. The molecule has 0 aliphatic heterocycles. The summed E-state index contributed by atoms with van der Waals surface area (Å²) in [6.07, 6.45) is -2.48. The van der Waals surface area contributed by atoms with Gasteiger partial charge in [0.05, 0.1) is 0 Å². The van der Waals surface area contributed by atoms with Crippen molar-refractivity contribution < 1.29 is 13.5 Å². The molecule has 0 aliphatic rings. The number of anilines is 1. The first-order valence-corrected chi connectivity index (χ1v) is 4.98. The second-order valence-electron chi connectivity index (χ2n) is 3.17. The molecule has 0 bridgehead atoms. The van der Waals surface area contributed by atoms with Crippen molar-refractivity contribution in [3.05, 3.63) is 23.8 Å². The van der Waals surface area contributed by atoms with E-state index >= 15 is 0 Å². The lowest BCUT2D eigenvalue weighted by Gasteiger charge is -2.10. The van der Waals surface area contributed by atoms with E-state index in [0.717, 1.165) is 11.3 Å². The van der Waals surface area contributed by atoms with Crippen LogP contribution in [-0.2, 0) is 0 Å². The Morgan fingerprint density at radius 3 is 2.75 bits per heavy atom. The zero-order valence-corrected chi connectivity index (χ0v) is 9.48. The maximum atomic E-state index is 11.9. The van der Waals surface area contributed by atoms with Gasteiger partial charge in [0.25, 0.3) is 6.43 Å². The van der Waals surface area contributed by atoms with Gasteiger partial charge in [-0.25, -0.2) is 8.78 Å². The van der Waals surface area contributed by atoms with E-state index in [4.69, 9.17) is 22.7 Å². The van der Waals surface area contributed by atoms with Crippen molar-refractivity contribution in [2.24, 2.45) is 5.73 Å². The molecular weight excluding hydrogens is 234 g/mol. The molecule has 0 aromatic heterocycles. The van der Waals surface area contributed by atoms with Crippen molar-refractivity contribution in [1.29, 1.82) is 0 Å². The van der Waals surface area contributed by atoms with E-state index in [1.54, 1.807) is 25.1 Å². The quantitative estimate of drug-likeness (QED) is 0.800. The fraction of sp³-hybridized carbons (Fsp3) is 0.300. The Labute approximate surface area is 97.6 Å². The van der Waals surface area contributed by atoms with Crippen LogP contribution >= 0.6 is 12.2 Å². The molecule has 0 fully saturated rings. The van der Waals surface area contributed by atoms with Crippen LogP contribution in [-0.4, -0.2) is 18.1 Å². The molecule has 3 nitrogen and oxygen atoms in total.